The minimum atomic E-state index is -0.532. The third-order valence-corrected chi connectivity index (χ3v) is 13.9. The second-order valence-electron chi connectivity index (χ2n) is 21.1. The number of nitrogens with zero attached hydrogens (tertiary/aromatic N) is 2. The molecule has 64 heavy (non-hydrogen) atoms. The van der Waals surface area contributed by atoms with Gasteiger partial charge in [-0.05, 0) is 120 Å². The van der Waals surface area contributed by atoms with Crippen molar-refractivity contribution in [2.75, 3.05) is 9.80 Å². The zero-order valence-corrected chi connectivity index (χ0v) is 38.9. The average molecular weight is 831 g/mol. The molecule has 0 spiro atoms. The van der Waals surface area contributed by atoms with Crippen LogP contribution in [0.3, 0.4) is 0 Å². The van der Waals surface area contributed by atoms with E-state index in [0.29, 0.717) is 0 Å². The summed E-state index contributed by atoms with van der Waals surface area (Å²) < 4.78 is 0. The number of benzene rings is 8. The Bertz CT molecular complexity index is 2870. The molecule has 0 saturated heterocycles. The Morgan fingerprint density at radius 2 is 0.672 bits per heavy atom. The molecule has 10 rings (SSSR count). The maximum Gasteiger partial charge on any atom is 0.252 e. The molecule has 316 valence electrons. The monoisotopic (exact) mass is 830 g/mol. The van der Waals surface area contributed by atoms with Gasteiger partial charge in [0.2, 0.25) is 0 Å². The van der Waals surface area contributed by atoms with Crippen LogP contribution in [-0.2, 0) is 21.7 Å². The topological polar surface area (TPSA) is 6.48 Å². The summed E-state index contributed by atoms with van der Waals surface area (Å²) >= 11 is 0. The van der Waals surface area contributed by atoms with E-state index in [1.165, 1.54) is 83.8 Å². The van der Waals surface area contributed by atoms with Gasteiger partial charge in [0.1, 0.15) is 0 Å². The molecule has 0 unspecified atom stereocenters. The maximum atomic E-state index is 2.56. The third-order valence-electron chi connectivity index (χ3n) is 13.9. The number of rotatable bonds is 6. The van der Waals surface area contributed by atoms with E-state index in [4.69, 9.17) is 0 Å². The number of hydrogen-bond donors (Lipinski definition) is 0. The molecule has 2 aliphatic rings. The highest BCUT2D eigenvalue weighted by atomic mass is 15.2. The molecule has 2 heterocycles. The third kappa shape index (κ3) is 6.80. The van der Waals surface area contributed by atoms with Crippen LogP contribution in [0.5, 0.6) is 0 Å². The van der Waals surface area contributed by atoms with Gasteiger partial charge in [0, 0.05) is 34.1 Å². The van der Waals surface area contributed by atoms with Crippen molar-refractivity contribution < 1.29 is 0 Å². The molecule has 2 aliphatic heterocycles. The molecule has 3 heteroatoms. The quantitative estimate of drug-likeness (QED) is 0.122. The predicted molar refractivity (Wildman–Crippen MR) is 275 cm³/mol. The summed E-state index contributed by atoms with van der Waals surface area (Å²) in [6, 6.07) is 73.3. The van der Waals surface area contributed by atoms with Gasteiger partial charge >= 0.3 is 0 Å². The van der Waals surface area contributed by atoms with Crippen molar-refractivity contribution in [1.29, 1.82) is 0 Å². The van der Waals surface area contributed by atoms with E-state index in [-0.39, 0.29) is 23.0 Å². The van der Waals surface area contributed by atoms with E-state index in [9.17, 15) is 0 Å². The molecule has 8 aromatic rings. The largest absolute Gasteiger partial charge is 0.311 e. The molecule has 0 aromatic heterocycles. The Hall–Kier alpha value is -6.58. The lowest BCUT2D eigenvalue weighted by Gasteiger charge is -2.45. The van der Waals surface area contributed by atoms with Gasteiger partial charge in [-0.2, -0.15) is 0 Å². The SMILES string of the molecule is CC(C)(C)c1ccc(N2c3ccc(C(C)(C)C)cc3B3c4ccccc4N(c4ccc(C(c5ccccc5)(c5ccccc5)c5ccccc5)cc4)c4cc(C(C)(C)C)cc2c43)cc1. The lowest BCUT2D eigenvalue weighted by Crippen LogP contribution is -2.61. The maximum absolute atomic E-state index is 2.56. The highest BCUT2D eigenvalue weighted by Crippen LogP contribution is 2.49. The summed E-state index contributed by atoms with van der Waals surface area (Å²) in [6.45, 7) is 21.0. The first-order valence-corrected chi connectivity index (χ1v) is 23.1. The van der Waals surface area contributed by atoms with Crippen LogP contribution in [0.4, 0.5) is 34.1 Å². The molecule has 0 fully saturated rings. The van der Waals surface area contributed by atoms with Crippen molar-refractivity contribution in [3.63, 3.8) is 0 Å². The van der Waals surface area contributed by atoms with Crippen LogP contribution in [0.2, 0.25) is 0 Å². The first-order valence-electron chi connectivity index (χ1n) is 23.1. The molecule has 0 saturated carbocycles. The van der Waals surface area contributed by atoms with Crippen LogP contribution in [0.25, 0.3) is 0 Å². The van der Waals surface area contributed by atoms with E-state index < -0.39 is 5.41 Å². The predicted octanol–water partition coefficient (Wildman–Crippen LogP) is 14.0. The van der Waals surface area contributed by atoms with E-state index in [0.717, 1.165) is 5.69 Å². The van der Waals surface area contributed by atoms with Gasteiger partial charge in [-0.3, -0.25) is 0 Å². The van der Waals surface area contributed by atoms with Gasteiger partial charge < -0.3 is 9.80 Å². The molecule has 2 nitrogen and oxygen atoms in total. The van der Waals surface area contributed by atoms with Gasteiger partial charge in [-0.25, -0.2) is 0 Å². The van der Waals surface area contributed by atoms with Crippen molar-refractivity contribution in [1.82, 2.24) is 0 Å². The molecular weight excluding hydrogens is 771 g/mol. The van der Waals surface area contributed by atoms with Crippen LogP contribution in [0.1, 0.15) is 101 Å². The zero-order chi connectivity index (χ0) is 44.6. The Labute approximate surface area is 382 Å². The van der Waals surface area contributed by atoms with Gasteiger partial charge in [-0.15, -0.1) is 0 Å². The summed E-state index contributed by atoms with van der Waals surface area (Å²) in [5.74, 6) is 0. The van der Waals surface area contributed by atoms with Crippen molar-refractivity contribution in [2.24, 2.45) is 0 Å². The zero-order valence-electron chi connectivity index (χ0n) is 38.9. The lowest BCUT2D eigenvalue weighted by molar-refractivity contribution is 0.589. The van der Waals surface area contributed by atoms with Gasteiger partial charge in [0.05, 0.1) is 5.41 Å². The van der Waals surface area contributed by atoms with Crippen molar-refractivity contribution in [3.05, 3.63) is 233 Å². The number of para-hydroxylation sites is 1. The molecule has 0 radical (unpaired) electrons. The number of hydrogen-bond acceptors (Lipinski definition) is 2. The Morgan fingerprint density at radius 1 is 0.297 bits per heavy atom. The van der Waals surface area contributed by atoms with E-state index in [2.05, 4.69) is 266 Å². The average Bonchev–Trinajstić information content (AvgIpc) is 3.29. The van der Waals surface area contributed by atoms with Crippen LogP contribution >= 0.6 is 0 Å². The Morgan fingerprint density at radius 3 is 1.12 bits per heavy atom. The normalized spacial score (nSPS) is 13.6. The fourth-order valence-electron chi connectivity index (χ4n) is 10.4. The van der Waals surface area contributed by atoms with Crippen LogP contribution < -0.4 is 26.2 Å². The highest BCUT2D eigenvalue weighted by molar-refractivity contribution is 7.00. The second-order valence-corrected chi connectivity index (χ2v) is 21.1. The summed E-state index contributed by atoms with van der Waals surface area (Å²) in [7, 11) is 0. The first kappa shape index (κ1) is 41.4. The molecule has 0 N–H and O–H groups in total. The Kier molecular flexibility index (Phi) is 9.91. The van der Waals surface area contributed by atoms with Crippen LogP contribution in [0, 0.1) is 0 Å². The van der Waals surface area contributed by atoms with E-state index in [1.54, 1.807) is 0 Å². The first-order chi connectivity index (χ1) is 30.7. The molecular formula is C61H59BN2. The molecule has 0 bridgehead atoms. The highest BCUT2D eigenvalue weighted by Gasteiger charge is 2.45. The molecule has 0 amide bonds. The standard InChI is InChI=1S/C61H59BN2/c1-58(2,3)42-29-34-49(35-30-42)64-54-38-33-47(59(4,5)6)39-52(54)62-51-27-19-20-28-53(51)63(55-40-48(60(7,8)9)41-56(64)57(55)62)50-36-31-46(32-37-50)61(43-21-13-10-14-22-43,44-23-15-11-16-24-44)45-25-17-12-18-26-45/h10-41H,1-9H3. The number of fused-ring (bicyclic) bond motifs is 4. The fraction of sp³-hybridized carbons (Fsp3) is 0.213. The van der Waals surface area contributed by atoms with Crippen LogP contribution in [0.15, 0.2) is 194 Å². The Balaban J connectivity index is 1.23. The minimum absolute atomic E-state index is 0.0101. The molecule has 8 aromatic carbocycles. The van der Waals surface area contributed by atoms with Gasteiger partial charge in [-0.1, -0.05) is 208 Å². The van der Waals surface area contributed by atoms with Gasteiger partial charge in [0.15, 0.2) is 0 Å². The van der Waals surface area contributed by atoms with Crippen molar-refractivity contribution in [3.8, 4) is 0 Å². The fourth-order valence-corrected chi connectivity index (χ4v) is 10.4. The van der Waals surface area contributed by atoms with E-state index >= 15 is 0 Å². The number of anilines is 6. The minimum Gasteiger partial charge on any atom is -0.311 e. The summed E-state index contributed by atoms with van der Waals surface area (Å²) in [4.78, 5) is 5.11. The summed E-state index contributed by atoms with van der Waals surface area (Å²) in [5.41, 5.74) is 19.6. The van der Waals surface area contributed by atoms with Crippen molar-refractivity contribution >= 4 is 57.2 Å². The smallest absolute Gasteiger partial charge is 0.252 e. The van der Waals surface area contributed by atoms with Crippen LogP contribution in [-0.4, -0.2) is 6.71 Å². The van der Waals surface area contributed by atoms with Gasteiger partial charge in [0.25, 0.3) is 6.71 Å². The van der Waals surface area contributed by atoms with E-state index in [1.807, 2.05) is 0 Å². The lowest BCUT2D eigenvalue weighted by atomic mass is 9.33. The molecule has 0 atom stereocenters. The second kappa shape index (κ2) is 15.3. The molecule has 0 aliphatic carbocycles. The summed E-state index contributed by atoms with van der Waals surface area (Å²) in [6.07, 6.45) is 0. The van der Waals surface area contributed by atoms with Crippen molar-refractivity contribution in [2.45, 2.75) is 84.0 Å². The summed E-state index contributed by atoms with van der Waals surface area (Å²) in [5, 5.41) is 0.